The molecule has 0 amide bonds. The van der Waals surface area contributed by atoms with E-state index < -0.39 is 0 Å². The fourth-order valence-electron chi connectivity index (χ4n) is 1.71. The number of hydrogen-bond donors (Lipinski definition) is 3. The van der Waals surface area contributed by atoms with Crippen LogP contribution in [0.2, 0.25) is 0 Å². The molecule has 2 rings (SSSR count). The van der Waals surface area contributed by atoms with Crippen LogP contribution in [0.15, 0.2) is 48.5 Å². The smallest absolute Gasteiger partial charge is 0.171 e. The van der Waals surface area contributed by atoms with E-state index in [0.717, 1.165) is 16.9 Å². The highest BCUT2D eigenvalue weighted by Crippen LogP contribution is 2.16. The molecule has 0 saturated carbocycles. The molecule has 2 aromatic carbocycles. The molecule has 0 radical (unpaired) electrons. The fraction of sp³-hybridized carbons (Fsp3) is 0.133. The molecular weight excluding hydrogens is 254 g/mol. The molecule has 0 aliphatic carbocycles. The normalized spacial score (nSPS) is 9.95. The Bertz CT molecular complexity index is 567. The molecule has 19 heavy (non-hydrogen) atoms. The number of nitrogens with one attached hydrogen (secondary N) is 2. The van der Waals surface area contributed by atoms with Crippen LogP contribution in [0.25, 0.3) is 0 Å². The molecule has 0 aromatic heterocycles. The first-order valence-corrected chi connectivity index (χ1v) is 6.51. The molecule has 0 unspecified atom stereocenters. The number of benzene rings is 2. The average Bonchev–Trinajstić information content (AvgIpc) is 2.42. The van der Waals surface area contributed by atoms with Gasteiger partial charge in [0.05, 0.1) is 0 Å². The second-order valence-electron chi connectivity index (χ2n) is 4.36. The van der Waals surface area contributed by atoms with Crippen molar-refractivity contribution in [1.29, 1.82) is 0 Å². The van der Waals surface area contributed by atoms with Crippen LogP contribution in [-0.4, -0.2) is 5.11 Å². The Morgan fingerprint density at radius 3 is 2.58 bits per heavy atom. The van der Waals surface area contributed by atoms with Gasteiger partial charge >= 0.3 is 0 Å². The molecule has 3 nitrogen and oxygen atoms in total. The summed E-state index contributed by atoms with van der Waals surface area (Å²) in [6.45, 7) is 2.68. The van der Waals surface area contributed by atoms with Crippen molar-refractivity contribution in [3.05, 3.63) is 59.7 Å². The summed E-state index contributed by atoms with van der Waals surface area (Å²) in [6.07, 6.45) is 0. The first-order chi connectivity index (χ1) is 9.15. The third-order valence-corrected chi connectivity index (χ3v) is 3.07. The monoisotopic (exact) mass is 271 g/mol. The van der Waals surface area contributed by atoms with Crippen molar-refractivity contribution in [2.75, 3.05) is 11.1 Å². The van der Waals surface area contributed by atoms with Gasteiger partial charge in [0.2, 0.25) is 0 Å². The van der Waals surface area contributed by atoms with E-state index in [4.69, 9.17) is 18.0 Å². The van der Waals surface area contributed by atoms with E-state index in [-0.39, 0.29) is 0 Å². The standard InChI is InChI=1S/C15H17N3S/c1-11-9-13(7-8-14(11)16)18-15(19)17-10-12-5-3-2-4-6-12/h2-9H,10,16H2,1H3,(H2,17,18,19). The minimum absolute atomic E-state index is 0.605. The highest BCUT2D eigenvalue weighted by molar-refractivity contribution is 7.80. The van der Waals surface area contributed by atoms with E-state index in [1.165, 1.54) is 5.56 Å². The van der Waals surface area contributed by atoms with E-state index in [0.29, 0.717) is 11.7 Å². The van der Waals surface area contributed by atoms with Gasteiger partial charge in [-0.3, -0.25) is 0 Å². The van der Waals surface area contributed by atoms with Crippen LogP contribution in [0.5, 0.6) is 0 Å². The zero-order valence-corrected chi connectivity index (χ0v) is 11.6. The van der Waals surface area contributed by atoms with Gasteiger partial charge in [-0.25, -0.2) is 0 Å². The van der Waals surface area contributed by atoms with Crippen LogP contribution in [0, 0.1) is 6.92 Å². The van der Waals surface area contributed by atoms with Crippen molar-refractivity contribution < 1.29 is 0 Å². The van der Waals surface area contributed by atoms with Gasteiger partial charge < -0.3 is 16.4 Å². The van der Waals surface area contributed by atoms with E-state index in [1.54, 1.807) is 0 Å². The zero-order valence-electron chi connectivity index (χ0n) is 10.8. The Morgan fingerprint density at radius 1 is 1.16 bits per heavy atom. The topological polar surface area (TPSA) is 50.1 Å². The number of nitrogens with two attached hydrogens (primary N) is 1. The molecule has 0 aliphatic heterocycles. The highest BCUT2D eigenvalue weighted by Gasteiger charge is 2.00. The predicted octanol–water partition coefficient (Wildman–Crippen LogP) is 3.06. The van der Waals surface area contributed by atoms with Crippen LogP contribution in [0.4, 0.5) is 11.4 Å². The second kappa shape index (κ2) is 6.20. The van der Waals surface area contributed by atoms with Gasteiger partial charge in [0.1, 0.15) is 0 Å². The lowest BCUT2D eigenvalue weighted by Gasteiger charge is -2.11. The average molecular weight is 271 g/mol. The molecule has 0 saturated heterocycles. The number of aryl methyl sites for hydroxylation is 1. The summed E-state index contributed by atoms with van der Waals surface area (Å²) in [5, 5.41) is 6.92. The number of thiocarbonyl (C=S) groups is 1. The number of hydrogen-bond acceptors (Lipinski definition) is 2. The molecule has 4 N–H and O–H groups in total. The fourth-order valence-corrected chi connectivity index (χ4v) is 1.90. The summed E-state index contributed by atoms with van der Waals surface area (Å²) in [5.74, 6) is 0. The minimum Gasteiger partial charge on any atom is -0.399 e. The van der Waals surface area contributed by atoms with Gasteiger partial charge in [-0.15, -0.1) is 0 Å². The molecule has 2 aromatic rings. The summed E-state index contributed by atoms with van der Waals surface area (Å²) < 4.78 is 0. The van der Waals surface area contributed by atoms with Gasteiger partial charge in [0.15, 0.2) is 5.11 Å². The lowest BCUT2D eigenvalue weighted by atomic mass is 10.2. The van der Waals surface area contributed by atoms with E-state index in [1.807, 2.05) is 43.3 Å². The molecule has 0 aliphatic rings. The van der Waals surface area contributed by atoms with Crippen molar-refractivity contribution in [3.8, 4) is 0 Å². The van der Waals surface area contributed by atoms with Crippen molar-refractivity contribution in [3.63, 3.8) is 0 Å². The Labute approximate surface area is 118 Å². The molecule has 0 heterocycles. The van der Waals surface area contributed by atoms with Crippen molar-refractivity contribution in [1.82, 2.24) is 5.32 Å². The lowest BCUT2D eigenvalue weighted by Crippen LogP contribution is -2.27. The summed E-state index contributed by atoms with van der Waals surface area (Å²) in [4.78, 5) is 0. The Hall–Kier alpha value is -2.07. The van der Waals surface area contributed by atoms with E-state index in [2.05, 4.69) is 22.8 Å². The molecule has 0 fully saturated rings. The van der Waals surface area contributed by atoms with Crippen LogP contribution in [0.1, 0.15) is 11.1 Å². The van der Waals surface area contributed by atoms with Crippen LogP contribution in [-0.2, 0) is 6.54 Å². The number of rotatable bonds is 3. The third-order valence-electron chi connectivity index (χ3n) is 2.82. The third kappa shape index (κ3) is 3.96. The van der Waals surface area contributed by atoms with Crippen LogP contribution >= 0.6 is 12.2 Å². The van der Waals surface area contributed by atoms with Crippen molar-refractivity contribution in [2.24, 2.45) is 0 Å². The maximum atomic E-state index is 5.78. The summed E-state index contributed by atoms with van der Waals surface area (Å²) in [6, 6.07) is 15.9. The SMILES string of the molecule is Cc1cc(NC(=S)NCc2ccccc2)ccc1N. The van der Waals surface area contributed by atoms with Gasteiger partial charge in [-0.05, 0) is 48.5 Å². The van der Waals surface area contributed by atoms with Crippen LogP contribution in [0.3, 0.4) is 0 Å². The maximum absolute atomic E-state index is 5.78. The summed E-state index contributed by atoms with van der Waals surface area (Å²) in [7, 11) is 0. The zero-order chi connectivity index (χ0) is 13.7. The minimum atomic E-state index is 0.605. The largest absolute Gasteiger partial charge is 0.399 e. The Kier molecular flexibility index (Phi) is 4.36. The summed E-state index contributed by atoms with van der Waals surface area (Å²) in [5.41, 5.74) is 9.74. The highest BCUT2D eigenvalue weighted by atomic mass is 32.1. The van der Waals surface area contributed by atoms with Gasteiger partial charge in [-0.1, -0.05) is 30.3 Å². The quantitative estimate of drug-likeness (QED) is 0.593. The Balaban J connectivity index is 1.89. The number of anilines is 2. The van der Waals surface area contributed by atoms with Crippen LogP contribution < -0.4 is 16.4 Å². The molecule has 0 spiro atoms. The second-order valence-corrected chi connectivity index (χ2v) is 4.77. The first-order valence-electron chi connectivity index (χ1n) is 6.10. The molecular formula is C15H17N3S. The predicted molar refractivity (Wildman–Crippen MR) is 85.1 cm³/mol. The molecule has 0 bridgehead atoms. The maximum Gasteiger partial charge on any atom is 0.171 e. The van der Waals surface area contributed by atoms with Gasteiger partial charge in [0.25, 0.3) is 0 Å². The van der Waals surface area contributed by atoms with E-state index in [9.17, 15) is 0 Å². The molecule has 4 heteroatoms. The van der Waals surface area contributed by atoms with Crippen molar-refractivity contribution >= 4 is 28.7 Å². The Morgan fingerprint density at radius 2 is 1.89 bits per heavy atom. The van der Waals surface area contributed by atoms with Gasteiger partial charge in [0, 0.05) is 17.9 Å². The molecule has 98 valence electrons. The van der Waals surface area contributed by atoms with Gasteiger partial charge in [-0.2, -0.15) is 0 Å². The summed E-state index contributed by atoms with van der Waals surface area (Å²) >= 11 is 5.26. The molecule has 0 atom stereocenters. The number of nitrogen functional groups attached to an aromatic ring is 1. The lowest BCUT2D eigenvalue weighted by molar-refractivity contribution is 0.926. The van der Waals surface area contributed by atoms with Crippen molar-refractivity contribution in [2.45, 2.75) is 13.5 Å². The first kappa shape index (κ1) is 13.4. The van der Waals surface area contributed by atoms with E-state index >= 15 is 0 Å².